The first-order valence-electron chi connectivity index (χ1n) is 9.24. The summed E-state index contributed by atoms with van der Waals surface area (Å²) in [4.78, 5) is 38.9. The van der Waals surface area contributed by atoms with Gasteiger partial charge in [0.2, 0.25) is 0 Å². The number of Topliss-reactive ketones (excluding diaryl/α,β-unsaturated/α-hetero) is 1. The van der Waals surface area contributed by atoms with Crippen molar-refractivity contribution in [2.75, 3.05) is 5.32 Å². The van der Waals surface area contributed by atoms with E-state index in [1.54, 1.807) is 48.5 Å². The molecule has 4 aromatic rings. The number of anilines is 1. The van der Waals surface area contributed by atoms with Crippen molar-refractivity contribution >= 4 is 34.1 Å². The van der Waals surface area contributed by atoms with Crippen molar-refractivity contribution in [2.24, 2.45) is 0 Å². The Bertz CT molecular complexity index is 1320. The van der Waals surface area contributed by atoms with Crippen LogP contribution in [0.5, 0.6) is 0 Å². The van der Waals surface area contributed by atoms with E-state index in [2.05, 4.69) is 10.3 Å². The number of carbonyl (C=O) groups excluding carboxylic acids is 2. The third-order valence-electron chi connectivity index (χ3n) is 4.79. The van der Waals surface area contributed by atoms with E-state index in [-0.39, 0.29) is 33.6 Å². The third-order valence-corrected chi connectivity index (χ3v) is 4.79. The summed E-state index contributed by atoms with van der Waals surface area (Å²) in [5, 5.41) is 22.2. The van der Waals surface area contributed by atoms with Crippen LogP contribution in [0.3, 0.4) is 0 Å². The molecule has 1 amide bonds. The molecule has 0 aliphatic rings. The van der Waals surface area contributed by atoms with Crippen LogP contribution in [-0.2, 0) is 0 Å². The van der Waals surface area contributed by atoms with Crippen molar-refractivity contribution in [3.63, 3.8) is 0 Å². The van der Waals surface area contributed by atoms with Gasteiger partial charge >= 0.3 is 5.69 Å². The molecule has 0 unspecified atom stereocenters. The molecule has 1 aromatic heterocycles. The van der Waals surface area contributed by atoms with Gasteiger partial charge in [0.15, 0.2) is 11.6 Å². The molecule has 0 radical (unpaired) electrons. The summed E-state index contributed by atoms with van der Waals surface area (Å²) < 4.78 is 0.826. The van der Waals surface area contributed by atoms with E-state index in [0.717, 1.165) is 4.73 Å². The zero-order valence-electron chi connectivity index (χ0n) is 16.3. The Morgan fingerprint density at radius 3 is 2.23 bits per heavy atom. The maximum Gasteiger partial charge on any atom is 0.318 e. The fourth-order valence-electron chi connectivity index (χ4n) is 3.12. The normalized spacial score (nSPS) is 10.7. The number of rotatable bonds is 5. The fraction of sp³-hybridized carbons (Fsp3) is 0.0455. The van der Waals surface area contributed by atoms with Crippen molar-refractivity contribution in [3.8, 4) is 11.4 Å². The monoisotopic (exact) mass is 417 g/mol. The lowest BCUT2D eigenvalue weighted by atomic mass is 10.1. The molecule has 0 saturated heterocycles. The average molecular weight is 417 g/mol. The second-order valence-electron chi connectivity index (χ2n) is 6.86. The highest BCUT2D eigenvalue weighted by atomic mass is 16.6. The molecule has 3 aromatic carbocycles. The summed E-state index contributed by atoms with van der Waals surface area (Å²) in [7, 11) is 0. The molecule has 0 aliphatic carbocycles. The molecule has 154 valence electrons. The lowest BCUT2D eigenvalue weighted by Crippen LogP contribution is -2.12. The maximum atomic E-state index is 12.4. The van der Waals surface area contributed by atoms with Crippen molar-refractivity contribution in [2.45, 2.75) is 6.92 Å². The SMILES string of the molecule is CC(=O)c1ccc(C(=O)Nc2ccc(-c3nc4ccc([N+](=O)O)cc4n3O)cc2)cc1. The van der Waals surface area contributed by atoms with Crippen LogP contribution < -0.4 is 5.32 Å². The molecule has 0 spiro atoms. The van der Waals surface area contributed by atoms with E-state index in [9.17, 15) is 19.7 Å². The van der Waals surface area contributed by atoms with E-state index in [1.807, 2.05) is 0 Å². The number of nitrogens with one attached hydrogen (secondary N) is 1. The van der Waals surface area contributed by atoms with E-state index >= 15 is 0 Å². The average Bonchev–Trinajstić information content (AvgIpc) is 3.10. The Kier molecular flexibility index (Phi) is 4.92. The highest BCUT2D eigenvalue weighted by Crippen LogP contribution is 2.27. The van der Waals surface area contributed by atoms with Crippen molar-refractivity contribution in [1.29, 1.82) is 0 Å². The van der Waals surface area contributed by atoms with E-state index < -0.39 is 0 Å². The first kappa shape index (κ1) is 19.8. The van der Waals surface area contributed by atoms with Crippen LogP contribution in [0.2, 0.25) is 0 Å². The quantitative estimate of drug-likeness (QED) is 0.254. The predicted octanol–water partition coefficient (Wildman–Crippen LogP) is 4.20. The smallest absolute Gasteiger partial charge is 0.318 e. The van der Waals surface area contributed by atoms with Crippen LogP contribution in [0.15, 0.2) is 66.7 Å². The number of hydrogen-bond acceptors (Lipinski definition) is 5. The number of amides is 1. The highest BCUT2D eigenvalue weighted by Gasteiger charge is 2.18. The largest absolute Gasteiger partial charge is 0.426 e. The Labute approximate surface area is 175 Å². The van der Waals surface area contributed by atoms with Crippen molar-refractivity contribution < 1.29 is 24.9 Å². The minimum Gasteiger partial charge on any atom is -0.426 e. The molecule has 0 bridgehead atoms. The summed E-state index contributed by atoms with van der Waals surface area (Å²) >= 11 is 0. The van der Waals surface area contributed by atoms with Gasteiger partial charge in [-0.3, -0.25) is 9.59 Å². The zero-order chi connectivity index (χ0) is 22.1. The number of benzene rings is 3. The van der Waals surface area contributed by atoms with Gasteiger partial charge in [0.1, 0.15) is 5.52 Å². The number of nitrogens with zero attached hydrogens (tertiary/aromatic N) is 3. The van der Waals surface area contributed by atoms with E-state index in [4.69, 9.17) is 5.21 Å². The molecule has 9 nitrogen and oxygen atoms in total. The summed E-state index contributed by atoms with van der Waals surface area (Å²) in [5.41, 5.74) is 2.72. The Balaban J connectivity index is 1.55. The molecule has 4 rings (SSSR count). The van der Waals surface area contributed by atoms with Gasteiger partial charge in [0.05, 0.1) is 10.4 Å². The van der Waals surface area contributed by atoms with Gasteiger partial charge < -0.3 is 10.5 Å². The second-order valence-corrected chi connectivity index (χ2v) is 6.86. The molecule has 0 aliphatic heterocycles. The van der Waals surface area contributed by atoms with Gasteiger partial charge in [-0.1, -0.05) is 12.1 Å². The van der Waals surface area contributed by atoms with Crippen LogP contribution in [0, 0.1) is 4.91 Å². The van der Waals surface area contributed by atoms with E-state index in [0.29, 0.717) is 27.9 Å². The van der Waals surface area contributed by atoms with E-state index in [1.165, 1.54) is 25.1 Å². The number of aromatic nitrogens is 2. The fourth-order valence-corrected chi connectivity index (χ4v) is 3.12. The summed E-state index contributed by atoms with van der Waals surface area (Å²) in [6, 6.07) is 17.2. The van der Waals surface area contributed by atoms with Crippen LogP contribution in [0.25, 0.3) is 22.4 Å². The zero-order valence-corrected chi connectivity index (χ0v) is 16.3. The van der Waals surface area contributed by atoms with Crippen molar-refractivity contribution in [1.82, 2.24) is 9.71 Å². The minimum absolute atomic E-state index is 0.0383. The summed E-state index contributed by atoms with van der Waals surface area (Å²) in [5.74, 6) is -0.161. The van der Waals surface area contributed by atoms with Crippen LogP contribution in [0.1, 0.15) is 27.6 Å². The third kappa shape index (κ3) is 3.84. The highest BCUT2D eigenvalue weighted by molar-refractivity contribution is 6.05. The summed E-state index contributed by atoms with van der Waals surface area (Å²) in [6.07, 6.45) is 0. The number of imidazole rings is 1. The molecular formula is C22H17N4O5+. The number of fused-ring (bicyclic) bond motifs is 1. The molecule has 9 heteroatoms. The topological polar surface area (TPSA) is 125 Å². The van der Waals surface area contributed by atoms with Gasteiger partial charge in [-0.25, -0.2) is 10.2 Å². The molecule has 0 fully saturated rings. The number of ketones is 1. The first-order chi connectivity index (χ1) is 14.8. The standard InChI is InChI=1S/C22H16N4O5/c1-13(27)14-2-4-16(5-3-14)22(28)23-17-8-6-15(7-9-17)21-24-19-11-10-18(26(30)31)12-20(19)25(21)29/h2-12,29H,1H3,(H-,23,24,28,30,31)/p+1. The molecule has 3 N–H and O–H groups in total. The van der Waals surface area contributed by atoms with Crippen LogP contribution >= 0.6 is 0 Å². The molecule has 0 saturated carbocycles. The van der Waals surface area contributed by atoms with Crippen LogP contribution in [-0.4, -0.2) is 36.7 Å². The minimum atomic E-state index is -0.323. The lowest BCUT2D eigenvalue weighted by Gasteiger charge is -2.07. The van der Waals surface area contributed by atoms with Crippen molar-refractivity contribution in [3.05, 3.63) is 82.8 Å². The Morgan fingerprint density at radius 1 is 0.968 bits per heavy atom. The molecule has 31 heavy (non-hydrogen) atoms. The molecular weight excluding hydrogens is 400 g/mol. The Morgan fingerprint density at radius 2 is 1.61 bits per heavy atom. The number of hydrogen-bond donors (Lipinski definition) is 3. The van der Waals surface area contributed by atoms with Gasteiger partial charge in [-0.05, 0) is 49.4 Å². The van der Waals surface area contributed by atoms with Crippen LogP contribution in [0.4, 0.5) is 11.4 Å². The number of carbonyl (C=O) groups is 2. The lowest BCUT2D eigenvalue weighted by molar-refractivity contribution is -0.729. The van der Waals surface area contributed by atoms with Gasteiger partial charge in [0.25, 0.3) is 10.8 Å². The molecule has 1 heterocycles. The predicted molar refractivity (Wildman–Crippen MR) is 112 cm³/mol. The Hall–Kier alpha value is -4.53. The van der Waals surface area contributed by atoms with Gasteiger partial charge in [-0.15, -0.1) is 0 Å². The van der Waals surface area contributed by atoms with Gasteiger partial charge in [0, 0.05) is 34.5 Å². The summed E-state index contributed by atoms with van der Waals surface area (Å²) in [6.45, 7) is 1.46. The second kappa shape index (κ2) is 7.71. The first-order valence-corrected chi connectivity index (χ1v) is 9.24. The maximum absolute atomic E-state index is 12.4. The molecule has 0 atom stereocenters. The van der Waals surface area contributed by atoms with Gasteiger partial charge in [-0.2, -0.15) is 4.73 Å².